The van der Waals surface area contributed by atoms with E-state index in [1.54, 1.807) is 30.7 Å². The van der Waals surface area contributed by atoms with Crippen molar-refractivity contribution in [1.29, 1.82) is 0 Å². The van der Waals surface area contributed by atoms with E-state index in [1.807, 2.05) is 14.0 Å². The third-order valence-corrected chi connectivity index (χ3v) is 4.36. The van der Waals surface area contributed by atoms with Crippen LogP contribution in [-0.4, -0.2) is 25.4 Å². The van der Waals surface area contributed by atoms with Crippen LogP contribution in [0.15, 0.2) is 41.8 Å². The van der Waals surface area contributed by atoms with Crippen LogP contribution in [0.5, 0.6) is 0 Å². The lowest BCUT2D eigenvalue weighted by Crippen LogP contribution is -2.24. The summed E-state index contributed by atoms with van der Waals surface area (Å²) in [6, 6.07) is 5.05. The maximum absolute atomic E-state index is 12.2. The van der Waals surface area contributed by atoms with Gasteiger partial charge in [-0.25, -0.2) is 18.1 Å². The molecule has 112 valence electrons. The zero-order chi connectivity index (χ0) is 15.3. The SMILES string of the molecule is CNCc1ccc(S(=O)(=O)NCc2ccncc2C)nc1. The molecule has 2 N–H and O–H groups in total. The summed E-state index contributed by atoms with van der Waals surface area (Å²) in [4.78, 5) is 7.98. The van der Waals surface area contributed by atoms with Gasteiger partial charge < -0.3 is 5.32 Å². The zero-order valence-electron chi connectivity index (χ0n) is 12.0. The first-order chi connectivity index (χ1) is 10.0. The molecule has 0 radical (unpaired) electrons. The molecular formula is C14H18N4O2S. The van der Waals surface area contributed by atoms with Crippen molar-refractivity contribution in [2.45, 2.75) is 25.0 Å². The van der Waals surface area contributed by atoms with Gasteiger partial charge in [0.2, 0.25) is 0 Å². The average Bonchev–Trinajstić information content (AvgIpc) is 2.47. The predicted octanol–water partition coefficient (Wildman–Crippen LogP) is 0.983. The second-order valence-electron chi connectivity index (χ2n) is 4.66. The number of hydrogen-bond donors (Lipinski definition) is 2. The Morgan fingerprint density at radius 3 is 2.57 bits per heavy atom. The van der Waals surface area contributed by atoms with Crippen LogP contribution in [0.3, 0.4) is 0 Å². The summed E-state index contributed by atoms with van der Waals surface area (Å²) < 4.78 is 26.9. The first-order valence-corrected chi connectivity index (χ1v) is 8.00. The van der Waals surface area contributed by atoms with Gasteiger partial charge in [-0.3, -0.25) is 4.98 Å². The van der Waals surface area contributed by atoms with Crippen LogP contribution in [0.2, 0.25) is 0 Å². The Bertz CT molecular complexity index is 699. The molecular weight excluding hydrogens is 288 g/mol. The van der Waals surface area contributed by atoms with Gasteiger partial charge in [0.25, 0.3) is 10.0 Å². The summed E-state index contributed by atoms with van der Waals surface area (Å²) in [5, 5.41) is 3.01. The molecule has 0 aliphatic heterocycles. The van der Waals surface area contributed by atoms with Gasteiger partial charge in [-0.05, 0) is 42.8 Å². The second-order valence-corrected chi connectivity index (χ2v) is 6.38. The Labute approximate surface area is 124 Å². The Hall–Kier alpha value is -1.83. The van der Waals surface area contributed by atoms with E-state index in [0.717, 1.165) is 16.7 Å². The topological polar surface area (TPSA) is 84.0 Å². The van der Waals surface area contributed by atoms with Crippen molar-refractivity contribution in [3.8, 4) is 0 Å². The fraction of sp³-hybridized carbons (Fsp3) is 0.286. The van der Waals surface area contributed by atoms with Gasteiger partial charge in [0, 0.05) is 31.7 Å². The number of rotatable bonds is 6. The highest BCUT2D eigenvalue weighted by atomic mass is 32.2. The summed E-state index contributed by atoms with van der Waals surface area (Å²) in [7, 11) is -1.79. The summed E-state index contributed by atoms with van der Waals surface area (Å²) in [6.45, 7) is 2.76. The van der Waals surface area contributed by atoms with Crippen molar-refractivity contribution in [2.24, 2.45) is 0 Å². The molecule has 0 aliphatic carbocycles. The number of nitrogens with zero attached hydrogens (tertiary/aromatic N) is 2. The summed E-state index contributed by atoms with van der Waals surface area (Å²) in [5.74, 6) is 0. The maximum atomic E-state index is 12.2. The molecule has 21 heavy (non-hydrogen) atoms. The Morgan fingerprint density at radius 1 is 1.14 bits per heavy atom. The molecule has 0 aliphatic rings. The highest BCUT2D eigenvalue weighted by molar-refractivity contribution is 7.89. The smallest absolute Gasteiger partial charge is 0.258 e. The Kier molecular flexibility index (Phi) is 5.00. The quantitative estimate of drug-likeness (QED) is 0.831. The van der Waals surface area contributed by atoms with E-state index in [9.17, 15) is 8.42 Å². The minimum atomic E-state index is -3.61. The number of pyridine rings is 2. The molecule has 0 spiro atoms. The largest absolute Gasteiger partial charge is 0.316 e. The van der Waals surface area contributed by atoms with Crippen LogP contribution >= 0.6 is 0 Å². The van der Waals surface area contributed by atoms with Gasteiger partial charge in [-0.1, -0.05) is 6.07 Å². The van der Waals surface area contributed by atoms with Gasteiger partial charge in [0.05, 0.1) is 0 Å². The predicted molar refractivity (Wildman–Crippen MR) is 80.0 cm³/mol. The normalized spacial score (nSPS) is 11.5. The molecule has 0 atom stereocenters. The fourth-order valence-corrected chi connectivity index (χ4v) is 2.76. The average molecular weight is 306 g/mol. The molecule has 2 rings (SSSR count). The minimum absolute atomic E-state index is 0.0223. The lowest BCUT2D eigenvalue weighted by molar-refractivity contribution is 0.577. The molecule has 0 fully saturated rings. The molecule has 7 heteroatoms. The third kappa shape index (κ3) is 4.07. The van der Waals surface area contributed by atoms with Crippen molar-refractivity contribution < 1.29 is 8.42 Å². The first kappa shape index (κ1) is 15.6. The standard InChI is InChI=1S/C14H18N4O2S/c1-11-7-16-6-5-13(11)10-18-21(19,20)14-4-3-12(8-15-2)9-17-14/h3-7,9,15,18H,8,10H2,1-2H3. The van der Waals surface area contributed by atoms with Crippen LogP contribution in [-0.2, 0) is 23.1 Å². The van der Waals surface area contributed by atoms with Gasteiger partial charge in [-0.15, -0.1) is 0 Å². The van der Waals surface area contributed by atoms with E-state index in [-0.39, 0.29) is 11.6 Å². The van der Waals surface area contributed by atoms with E-state index in [2.05, 4.69) is 20.0 Å². The van der Waals surface area contributed by atoms with E-state index in [4.69, 9.17) is 0 Å². The van der Waals surface area contributed by atoms with E-state index < -0.39 is 10.0 Å². The Balaban J connectivity index is 2.09. The Morgan fingerprint density at radius 2 is 1.95 bits per heavy atom. The van der Waals surface area contributed by atoms with Crippen molar-refractivity contribution >= 4 is 10.0 Å². The van der Waals surface area contributed by atoms with Crippen LogP contribution in [0.4, 0.5) is 0 Å². The van der Waals surface area contributed by atoms with Crippen LogP contribution in [0, 0.1) is 6.92 Å². The number of nitrogens with one attached hydrogen (secondary N) is 2. The van der Waals surface area contributed by atoms with Crippen molar-refractivity contribution in [3.05, 3.63) is 53.5 Å². The summed E-state index contributed by atoms with van der Waals surface area (Å²) >= 11 is 0. The number of sulfonamides is 1. The minimum Gasteiger partial charge on any atom is -0.316 e. The van der Waals surface area contributed by atoms with Crippen molar-refractivity contribution in [3.63, 3.8) is 0 Å². The number of aryl methyl sites for hydroxylation is 1. The molecule has 0 aromatic carbocycles. The third-order valence-electron chi connectivity index (χ3n) is 3.04. The van der Waals surface area contributed by atoms with Gasteiger partial charge in [-0.2, -0.15) is 0 Å². The number of hydrogen-bond acceptors (Lipinski definition) is 5. The molecule has 2 aromatic rings. The lowest BCUT2D eigenvalue weighted by atomic mass is 10.2. The zero-order valence-corrected chi connectivity index (χ0v) is 12.8. The molecule has 0 saturated carbocycles. The highest BCUT2D eigenvalue weighted by Gasteiger charge is 2.15. The molecule has 0 saturated heterocycles. The fourth-order valence-electron chi connectivity index (χ4n) is 1.83. The summed E-state index contributed by atoms with van der Waals surface area (Å²) in [5.41, 5.74) is 2.76. The van der Waals surface area contributed by atoms with Gasteiger partial charge in [0.15, 0.2) is 5.03 Å². The van der Waals surface area contributed by atoms with Gasteiger partial charge in [0.1, 0.15) is 0 Å². The molecule has 6 nitrogen and oxygen atoms in total. The summed E-state index contributed by atoms with van der Waals surface area (Å²) in [6.07, 6.45) is 4.90. The molecule has 2 aromatic heterocycles. The molecule has 2 heterocycles. The molecule has 0 amide bonds. The first-order valence-electron chi connectivity index (χ1n) is 6.51. The molecule has 0 bridgehead atoms. The van der Waals surface area contributed by atoms with Crippen LogP contribution < -0.4 is 10.0 Å². The van der Waals surface area contributed by atoms with E-state index in [0.29, 0.717) is 6.54 Å². The van der Waals surface area contributed by atoms with Gasteiger partial charge >= 0.3 is 0 Å². The maximum Gasteiger partial charge on any atom is 0.258 e. The van der Waals surface area contributed by atoms with E-state index >= 15 is 0 Å². The van der Waals surface area contributed by atoms with E-state index in [1.165, 1.54) is 6.07 Å². The molecule has 0 unspecified atom stereocenters. The van der Waals surface area contributed by atoms with Crippen molar-refractivity contribution in [1.82, 2.24) is 20.0 Å². The second kappa shape index (κ2) is 6.75. The monoisotopic (exact) mass is 306 g/mol. The van der Waals surface area contributed by atoms with Crippen molar-refractivity contribution in [2.75, 3.05) is 7.05 Å². The number of aromatic nitrogens is 2. The lowest BCUT2D eigenvalue weighted by Gasteiger charge is -2.08. The van der Waals surface area contributed by atoms with Crippen LogP contribution in [0.1, 0.15) is 16.7 Å². The highest BCUT2D eigenvalue weighted by Crippen LogP contribution is 2.09. The van der Waals surface area contributed by atoms with Crippen LogP contribution in [0.25, 0.3) is 0 Å².